The molecule has 1 aromatic carbocycles. The van der Waals surface area contributed by atoms with Gasteiger partial charge in [-0.05, 0) is 24.0 Å². The lowest BCUT2D eigenvalue weighted by molar-refractivity contribution is -0.385. The topological polar surface area (TPSA) is 128 Å². The van der Waals surface area contributed by atoms with Crippen LogP contribution in [0.15, 0.2) is 18.2 Å². The Balaban J connectivity index is 2.98. The summed E-state index contributed by atoms with van der Waals surface area (Å²) in [5.41, 5.74) is 0.186. The van der Waals surface area contributed by atoms with E-state index in [2.05, 4.69) is 10.1 Å². The largest absolute Gasteiger partial charge is 0.490 e. The number of aliphatic hydroxyl groups is 1. The lowest BCUT2D eigenvalue weighted by Crippen LogP contribution is -2.47. The monoisotopic (exact) mass is 368 g/mol. The van der Waals surface area contributed by atoms with Crippen LogP contribution in [0, 0.1) is 16.0 Å². The van der Waals surface area contributed by atoms with E-state index in [4.69, 9.17) is 4.74 Å². The molecule has 0 heterocycles. The van der Waals surface area contributed by atoms with Gasteiger partial charge in [-0.3, -0.25) is 14.9 Å². The number of carbonyl (C=O) groups is 2. The molecule has 0 aromatic heterocycles. The molecule has 9 heteroatoms. The van der Waals surface area contributed by atoms with E-state index in [-0.39, 0.29) is 30.2 Å². The third kappa shape index (κ3) is 5.99. The van der Waals surface area contributed by atoms with Crippen LogP contribution in [-0.2, 0) is 20.7 Å². The number of amides is 1. The maximum absolute atomic E-state index is 12.1. The van der Waals surface area contributed by atoms with Gasteiger partial charge in [-0.25, -0.2) is 4.79 Å². The molecule has 0 aliphatic carbocycles. The van der Waals surface area contributed by atoms with Crippen molar-refractivity contribution in [2.24, 2.45) is 5.92 Å². The number of benzene rings is 1. The van der Waals surface area contributed by atoms with Crippen LogP contribution in [0.3, 0.4) is 0 Å². The first kappa shape index (κ1) is 21.4. The van der Waals surface area contributed by atoms with Gasteiger partial charge in [0.25, 0.3) is 0 Å². The second kappa shape index (κ2) is 9.71. The minimum Gasteiger partial charge on any atom is -0.490 e. The Hall–Kier alpha value is -2.68. The summed E-state index contributed by atoms with van der Waals surface area (Å²) in [4.78, 5) is 34.6. The Morgan fingerprint density at radius 2 is 1.96 bits per heavy atom. The summed E-state index contributed by atoms with van der Waals surface area (Å²) in [7, 11) is 2.48. The predicted molar refractivity (Wildman–Crippen MR) is 92.8 cm³/mol. The first-order valence-electron chi connectivity index (χ1n) is 8.07. The standard InChI is InChI=1S/C17H24N2O7/c1-10(2)7-14(20)16(21)18-12(17(22)26-4)8-11-5-6-15(25-3)13(9-11)19(23)24/h5-6,9-10,12,14,20H,7-8H2,1-4H3,(H,18,21)/t12-,14+/m0/s1. The lowest BCUT2D eigenvalue weighted by Gasteiger charge is -2.19. The average molecular weight is 368 g/mol. The number of nitrogens with zero attached hydrogens (tertiary/aromatic N) is 1. The molecule has 144 valence electrons. The number of carbonyl (C=O) groups excluding carboxylic acids is 2. The van der Waals surface area contributed by atoms with E-state index in [0.717, 1.165) is 0 Å². The molecule has 0 radical (unpaired) electrons. The summed E-state index contributed by atoms with van der Waals surface area (Å²) in [6.45, 7) is 3.70. The number of aliphatic hydroxyl groups excluding tert-OH is 1. The van der Waals surface area contributed by atoms with Gasteiger partial charge in [0.15, 0.2) is 5.75 Å². The Morgan fingerprint density at radius 1 is 1.31 bits per heavy atom. The number of hydrogen-bond donors (Lipinski definition) is 2. The molecule has 0 saturated carbocycles. The normalized spacial score (nSPS) is 13.0. The summed E-state index contributed by atoms with van der Waals surface area (Å²) in [6, 6.07) is 3.16. The molecule has 0 saturated heterocycles. The van der Waals surface area contributed by atoms with E-state index < -0.39 is 28.9 Å². The SMILES string of the molecule is COC(=O)[C@H](Cc1ccc(OC)c([N+](=O)[O-])c1)NC(=O)[C@H](O)CC(C)C. The lowest BCUT2D eigenvalue weighted by atomic mass is 10.0. The van der Waals surface area contributed by atoms with Gasteiger partial charge in [0.2, 0.25) is 5.91 Å². The van der Waals surface area contributed by atoms with Crippen molar-refractivity contribution in [1.29, 1.82) is 0 Å². The fourth-order valence-corrected chi connectivity index (χ4v) is 2.40. The van der Waals surface area contributed by atoms with Crippen molar-refractivity contribution in [3.05, 3.63) is 33.9 Å². The van der Waals surface area contributed by atoms with Gasteiger partial charge in [-0.2, -0.15) is 0 Å². The Kier molecular flexibility index (Phi) is 7.98. The van der Waals surface area contributed by atoms with Gasteiger partial charge in [0.1, 0.15) is 12.1 Å². The number of esters is 1. The number of nitrogens with one attached hydrogen (secondary N) is 1. The maximum Gasteiger partial charge on any atom is 0.328 e. The molecule has 9 nitrogen and oxygen atoms in total. The van der Waals surface area contributed by atoms with Crippen LogP contribution >= 0.6 is 0 Å². The van der Waals surface area contributed by atoms with Gasteiger partial charge in [-0.15, -0.1) is 0 Å². The molecule has 0 aliphatic heterocycles. The van der Waals surface area contributed by atoms with Gasteiger partial charge in [-0.1, -0.05) is 19.9 Å². The molecule has 1 rings (SSSR count). The van der Waals surface area contributed by atoms with Crippen molar-refractivity contribution in [3.63, 3.8) is 0 Å². The number of nitro benzene ring substituents is 1. The van der Waals surface area contributed by atoms with Crippen molar-refractivity contribution < 1.29 is 29.1 Å². The molecule has 26 heavy (non-hydrogen) atoms. The second-order valence-corrected chi connectivity index (χ2v) is 6.20. The third-order valence-corrected chi connectivity index (χ3v) is 3.68. The number of nitro groups is 1. The van der Waals surface area contributed by atoms with E-state index >= 15 is 0 Å². The zero-order valence-electron chi connectivity index (χ0n) is 15.2. The number of methoxy groups -OCH3 is 2. The van der Waals surface area contributed by atoms with Crippen LogP contribution < -0.4 is 10.1 Å². The fourth-order valence-electron chi connectivity index (χ4n) is 2.40. The van der Waals surface area contributed by atoms with E-state index in [0.29, 0.717) is 5.56 Å². The van der Waals surface area contributed by atoms with E-state index in [1.165, 1.54) is 26.4 Å². The predicted octanol–water partition coefficient (Wildman–Crippen LogP) is 1.21. The maximum atomic E-state index is 12.1. The van der Waals surface area contributed by atoms with Crippen molar-refractivity contribution in [2.75, 3.05) is 14.2 Å². The van der Waals surface area contributed by atoms with Crippen molar-refractivity contribution in [2.45, 2.75) is 38.8 Å². The third-order valence-electron chi connectivity index (χ3n) is 3.68. The molecule has 1 aromatic rings. The molecule has 0 unspecified atom stereocenters. The smallest absolute Gasteiger partial charge is 0.328 e. The van der Waals surface area contributed by atoms with Gasteiger partial charge >= 0.3 is 11.7 Å². The number of rotatable bonds is 9. The van der Waals surface area contributed by atoms with Gasteiger partial charge < -0.3 is 19.9 Å². The van der Waals surface area contributed by atoms with Crippen LogP contribution in [0.1, 0.15) is 25.8 Å². The quantitative estimate of drug-likeness (QED) is 0.381. The molecule has 0 fully saturated rings. The average Bonchev–Trinajstić information content (AvgIpc) is 2.59. The highest BCUT2D eigenvalue weighted by Crippen LogP contribution is 2.28. The highest BCUT2D eigenvalue weighted by molar-refractivity contribution is 5.87. The summed E-state index contributed by atoms with van der Waals surface area (Å²) in [5.74, 6) is -1.23. The van der Waals surface area contributed by atoms with Crippen molar-refractivity contribution in [3.8, 4) is 5.75 Å². The van der Waals surface area contributed by atoms with Crippen LogP contribution in [0.4, 0.5) is 5.69 Å². The Bertz CT molecular complexity index is 661. The summed E-state index contributed by atoms with van der Waals surface area (Å²) < 4.78 is 9.61. The Labute approximate surface area is 151 Å². The van der Waals surface area contributed by atoms with Crippen molar-refractivity contribution >= 4 is 17.6 Å². The second-order valence-electron chi connectivity index (χ2n) is 6.20. The Morgan fingerprint density at radius 3 is 2.46 bits per heavy atom. The first-order valence-corrected chi connectivity index (χ1v) is 8.07. The minimum absolute atomic E-state index is 0.0301. The molecule has 0 spiro atoms. The molecule has 0 aliphatic rings. The van der Waals surface area contributed by atoms with Gasteiger partial charge in [0.05, 0.1) is 19.1 Å². The number of hydrogen-bond acceptors (Lipinski definition) is 7. The highest BCUT2D eigenvalue weighted by atomic mass is 16.6. The zero-order chi connectivity index (χ0) is 19.9. The van der Waals surface area contributed by atoms with Crippen LogP contribution in [-0.4, -0.2) is 48.3 Å². The first-order chi connectivity index (χ1) is 12.2. The molecule has 0 bridgehead atoms. The van der Waals surface area contributed by atoms with Crippen molar-refractivity contribution in [1.82, 2.24) is 5.32 Å². The number of ether oxygens (including phenoxy) is 2. The van der Waals surface area contributed by atoms with E-state index in [1.54, 1.807) is 6.07 Å². The molecule has 2 N–H and O–H groups in total. The van der Waals surface area contributed by atoms with Crippen LogP contribution in [0.2, 0.25) is 0 Å². The van der Waals surface area contributed by atoms with Gasteiger partial charge in [0, 0.05) is 12.5 Å². The summed E-state index contributed by atoms with van der Waals surface area (Å²) in [6.07, 6.45) is -1.04. The summed E-state index contributed by atoms with van der Waals surface area (Å²) >= 11 is 0. The zero-order valence-corrected chi connectivity index (χ0v) is 15.2. The molecular formula is C17H24N2O7. The molecular weight excluding hydrogens is 344 g/mol. The molecule has 2 atom stereocenters. The van der Waals surface area contributed by atoms with Crippen LogP contribution in [0.5, 0.6) is 5.75 Å². The fraction of sp³-hybridized carbons (Fsp3) is 0.529. The van der Waals surface area contributed by atoms with E-state index in [9.17, 15) is 24.8 Å². The highest BCUT2D eigenvalue weighted by Gasteiger charge is 2.27. The minimum atomic E-state index is -1.26. The summed E-state index contributed by atoms with van der Waals surface area (Å²) in [5, 5.41) is 23.4. The molecule has 1 amide bonds. The van der Waals surface area contributed by atoms with Crippen LogP contribution in [0.25, 0.3) is 0 Å². The van der Waals surface area contributed by atoms with E-state index in [1.807, 2.05) is 13.8 Å².